The van der Waals surface area contributed by atoms with Crippen LogP contribution in [0, 0.1) is 5.92 Å². The summed E-state index contributed by atoms with van der Waals surface area (Å²) in [5.41, 5.74) is 1.06. The summed E-state index contributed by atoms with van der Waals surface area (Å²) in [5, 5.41) is 3.54. The SMILES string of the molecule is CN(C)CC(=O)CC1CCC(Nc2cc(-n3c(C(F)F)nc4ccccc43)nc(N3CCOCC3)n2)CC1. The van der Waals surface area contributed by atoms with Gasteiger partial charge in [-0.1, -0.05) is 12.1 Å². The molecule has 3 heterocycles. The summed E-state index contributed by atoms with van der Waals surface area (Å²) in [6.07, 6.45) is 1.63. The zero-order chi connectivity index (χ0) is 26.6. The Balaban J connectivity index is 1.40. The summed E-state index contributed by atoms with van der Waals surface area (Å²) in [7, 11) is 3.83. The van der Waals surface area contributed by atoms with Gasteiger partial charge in [0.15, 0.2) is 5.82 Å². The van der Waals surface area contributed by atoms with E-state index >= 15 is 0 Å². The van der Waals surface area contributed by atoms with Crippen LogP contribution < -0.4 is 10.2 Å². The molecule has 204 valence electrons. The molecule has 5 rings (SSSR count). The maximum Gasteiger partial charge on any atom is 0.296 e. The van der Waals surface area contributed by atoms with Crippen molar-refractivity contribution in [3.05, 3.63) is 36.2 Å². The molecule has 9 nitrogen and oxygen atoms in total. The molecule has 38 heavy (non-hydrogen) atoms. The number of carbonyl (C=O) groups is 1. The minimum absolute atomic E-state index is 0.185. The Bertz CT molecular complexity index is 1250. The van der Waals surface area contributed by atoms with Gasteiger partial charge in [-0.05, 0) is 57.8 Å². The predicted molar refractivity (Wildman–Crippen MR) is 142 cm³/mol. The second kappa shape index (κ2) is 11.7. The van der Waals surface area contributed by atoms with Crippen molar-refractivity contribution >= 4 is 28.6 Å². The third kappa shape index (κ3) is 6.10. The quantitative estimate of drug-likeness (QED) is 0.446. The summed E-state index contributed by atoms with van der Waals surface area (Å²) in [6, 6.07) is 9.01. The molecule has 0 atom stereocenters. The lowest BCUT2D eigenvalue weighted by Gasteiger charge is -2.30. The number of aromatic nitrogens is 4. The van der Waals surface area contributed by atoms with Gasteiger partial charge in [-0.2, -0.15) is 9.97 Å². The number of anilines is 2. The van der Waals surface area contributed by atoms with Crippen LogP contribution in [-0.4, -0.2) is 83.2 Å². The van der Waals surface area contributed by atoms with Crippen LogP contribution in [0.4, 0.5) is 20.5 Å². The van der Waals surface area contributed by atoms with Crippen LogP contribution in [0.1, 0.15) is 44.4 Å². The molecule has 1 aliphatic heterocycles. The van der Waals surface area contributed by atoms with Crippen LogP contribution in [0.2, 0.25) is 0 Å². The molecule has 1 aromatic carbocycles. The molecule has 2 aliphatic rings. The largest absolute Gasteiger partial charge is 0.378 e. The lowest BCUT2D eigenvalue weighted by molar-refractivity contribution is -0.120. The zero-order valence-corrected chi connectivity index (χ0v) is 21.9. The minimum Gasteiger partial charge on any atom is -0.378 e. The zero-order valence-electron chi connectivity index (χ0n) is 21.9. The maximum absolute atomic E-state index is 14.1. The van der Waals surface area contributed by atoms with Crippen molar-refractivity contribution in [1.29, 1.82) is 0 Å². The van der Waals surface area contributed by atoms with E-state index in [0.29, 0.717) is 73.8 Å². The predicted octanol–water partition coefficient (Wildman–Crippen LogP) is 4.08. The van der Waals surface area contributed by atoms with Crippen molar-refractivity contribution in [2.75, 3.05) is 57.2 Å². The van der Waals surface area contributed by atoms with Gasteiger partial charge in [-0.15, -0.1) is 0 Å². The van der Waals surface area contributed by atoms with Crippen LogP contribution in [0.25, 0.3) is 16.9 Å². The van der Waals surface area contributed by atoms with Crippen LogP contribution >= 0.6 is 0 Å². The Kier molecular flexibility index (Phi) is 8.13. The van der Waals surface area contributed by atoms with Gasteiger partial charge < -0.3 is 19.9 Å². The first-order valence-electron chi connectivity index (χ1n) is 13.3. The lowest BCUT2D eigenvalue weighted by atomic mass is 9.83. The Hall–Kier alpha value is -3.18. The normalized spacial score (nSPS) is 20.4. The number of nitrogens with one attached hydrogen (secondary N) is 1. The lowest BCUT2D eigenvalue weighted by Crippen LogP contribution is -2.37. The molecule has 1 saturated carbocycles. The molecule has 3 aromatic rings. The van der Waals surface area contributed by atoms with Crippen LogP contribution in [0.5, 0.6) is 0 Å². The van der Waals surface area contributed by atoms with Gasteiger partial charge in [-0.3, -0.25) is 9.36 Å². The topological polar surface area (TPSA) is 88.4 Å². The van der Waals surface area contributed by atoms with Gasteiger partial charge in [0.25, 0.3) is 6.43 Å². The molecule has 1 aliphatic carbocycles. The number of carbonyl (C=O) groups excluding carboxylic acids is 1. The summed E-state index contributed by atoms with van der Waals surface area (Å²) in [6.45, 7) is 2.85. The molecule has 0 unspecified atom stereocenters. The first-order valence-corrected chi connectivity index (χ1v) is 13.3. The summed E-state index contributed by atoms with van der Waals surface area (Å²) < 4.78 is 35.1. The van der Waals surface area contributed by atoms with Crippen LogP contribution in [-0.2, 0) is 9.53 Å². The van der Waals surface area contributed by atoms with Gasteiger partial charge in [0.2, 0.25) is 5.95 Å². The Morgan fingerprint density at radius 2 is 1.84 bits per heavy atom. The highest BCUT2D eigenvalue weighted by atomic mass is 19.3. The van der Waals surface area contributed by atoms with Crippen molar-refractivity contribution in [3.8, 4) is 5.82 Å². The first kappa shape index (κ1) is 26.4. The number of para-hydroxylation sites is 2. The molecule has 2 aromatic heterocycles. The van der Waals surface area contributed by atoms with Gasteiger partial charge in [0.1, 0.15) is 17.4 Å². The van der Waals surface area contributed by atoms with Gasteiger partial charge in [0.05, 0.1) is 30.8 Å². The number of Topliss-reactive ketones (excluding diaryl/α,β-unsaturated/α-hetero) is 1. The number of ether oxygens (including phenoxy) is 1. The number of hydrogen-bond donors (Lipinski definition) is 1. The number of halogens is 2. The van der Waals surface area contributed by atoms with Crippen molar-refractivity contribution in [2.45, 2.75) is 44.6 Å². The average molecular weight is 528 g/mol. The Labute approximate surface area is 221 Å². The standard InChI is InChI=1S/C27H35F2N7O2/c1-34(2)17-20(37)15-18-7-9-19(10-8-18)30-23-16-24(33-27(32-23)35-11-13-38-14-12-35)36-22-6-4-3-5-21(22)31-26(36)25(28)29/h3-6,16,18-19,25H,7-15,17H2,1-2H3,(H,30,32,33). The third-order valence-corrected chi connectivity index (χ3v) is 7.21. The van der Waals surface area contributed by atoms with Gasteiger partial charge in [0, 0.05) is 31.6 Å². The van der Waals surface area contributed by atoms with Crippen LogP contribution in [0.15, 0.2) is 30.3 Å². The number of alkyl halides is 2. The second-order valence-corrected chi connectivity index (χ2v) is 10.4. The van der Waals surface area contributed by atoms with E-state index in [0.717, 1.165) is 25.7 Å². The van der Waals surface area contributed by atoms with E-state index in [1.54, 1.807) is 30.3 Å². The van der Waals surface area contributed by atoms with Crippen LogP contribution in [0.3, 0.4) is 0 Å². The fraction of sp³-hybridized carbons (Fsp3) is 0.556. The highest BCUT2D eigenvalue weighted by Crippen LogP contribution is 2.31. The van der Waals surface area contributed by atoms with E-state index in [-0.39, 0.29) is 17.6 Å². The summed E-state index contributed by atoms with van der Waals surface area (Å²) in [5.74, 6) is 1.78. The molecule has 1 saturated heterocycles. The number of benzene rings is 1. The smallest absolute Gasteiger partial charge is 0.296 e. The molecule has 0 amide bonds. The van der Waals surface area contributed by atoms with Gasteiger partial charge >= 0.3 is 0 Å². The summed E-state index contributed by atoms with van der Waals surface area (Å²) >= 11 is 0. The number of likely N-dealkylation sites (N-methyl/N-ethyl adjacent to an activating group) is 1. The number of rotatable bonds is 9. The number of nitrogens with zero attached hydrogens (tertiary/aromatic N) is 6. The highest BCUT2D eigenvalue weighted by molar-refractivity contribution is 5.80. The Morgan fingerprint density at radius 3 is 2.55 bits per heavy atom. The molecule has 1 N–H and O–H groups in total. The van der Waals surface area contributed by atoms with Crippen molar-refractivity contribution in [3.63, 3.8) is 0 Å². The molecule has 0 radical (unpaired) electrons. The second-order valence-electron chi connectivity index (χ2n) is 10.4. The highest BCUT2D eigenvalue weighted by Gasteiger charge is 2.26. The third-order valence-electron chi connectivity index (χ3n) is 7.21. The van der Waals surface area contributed by atoms with Crippen molar-refractivity contribution in [2.24, 2.45) is 5.92 Å². The molecule has 2 fully saturated rings. The van der Waals surface area contributed by atoms with Crippen molar-refractivity contribution < 1.29 is 18.3 Å². The molecular weight excluding hydrogens is 492 g/mol. The fourth-order valence-corrected chi connectivity index (χ4v) is 5.41. The summed E-state index contributed by atoms with van der Waals surface area (Å²) in [4.78, 5) is 29.9. The number of fused-ring (bicyclic) bond motifs is 1. The average Bonchev–Trinajstić information content (AvgIpc) is 3.30. The molecule has 0 spiro atoms. The Morgan fingerprint density at radius 1 is 1.11 bits per heavy atom. The number of morpholine rings is 1. The van der Waals surface area contributed by atoms with E-state index < -0.39 is 6.43 Å². The minimum atomic E-state index is -2.76. The number of hydrogen-bond acceptors (Lipinski definition) is 8. The van der Waals surface area contributed by atoms with E-state index in [2.05, 4.69) is 10.3 Å². The molecule has 11 heteroatoms. The number of imidazole rings is 1. The fourth-order valence-electron chi connectivity index (χ4n) is 5.41. The number of ketones is 1. The van der Waals surface area contributed by atoms with E-state index in [1.165, 1.54) is 4.57 Å². The molecule has 0 bridgehead atoms. The van der Waals surface area contributed by atoms with Gasteiger partial charge in [-0.25, -0.2) is 13.8 Å². The van der Waals surface area contributed by atoms with Crippen molar-refractivity contribution in [1.82, 2.24) is 24.4 Å². The van der Waals surface area contributed by atoms with E-state index in [9.17, 15) is 13.6 Å². The maximum atomic E-state index is 14.1. The monoisotopic (exact) mass is 527 g/mol. The van der Waals surface area contributed by atoms with E-state index in [1.807, 2.05) is 23.9 Å². The first-order chi connectivity index (χ1) is 18.4. The van der Waals surface area contributed by atoms with E-state index in [4.69, 9.17) is 14.7 Å². The molecular formula is C27H35F2N7O2.